The Morgan fingerprint density at radius 1 is 1.44 bits per heavy atom. The zero-order valence-corrected chi connectivity index (χ0v) is 11.4. The minimum Gasteiger partial charge on any atom is -0.477 e. The van der Waals surface area contributed by atoms with E-state index in [1.165, 1.54) is 6.07 Å². The van der Waals surface area contributed by atoms with Crippen LogP contribution in [0, 0.1) is 12.8 Å². The van der Waals surface area contributed by atoms with Gasteiger partial charge in [-0.1, -0.05) is 20.3 Å². The van der Waals surface area contributed by atoms with Gasteiger partial charge in [0.05, 0.1) is 0 Å². The molecule has 0 aliphatic rings. The molecule has 0 aliphatic heterocycles. The van der Waals surface area contributed by atoms with Crippen LogP contribution in [0.3, 0.4) is 0 Å². The molecule has 100 valence electrons. The molecule has 0 amide bonds. The minimum atomic E-state index is -1.03. The van der Waals surface area contributed by atoms with Gasteiger partial charge in [0, 0.05) is 11.7 Å². The second kappa shape index (κ2) is 6.33. The Labute approximate surface area is 108 Å². The first-order chi connectivity index (χ1) is 8.42. The van der Waals surface area contributed by atoms with E-state index in [-0.39, 0.29) is 11.7 Å². The third-order valence-corrected chi connectivity index (χ3v) is 2.90. The van der Waals surface area contributed by atoms with Crippen LogP contribution in [0.15, 0.2) is 6.07 Å². The summed E-state index contributed by atoms with van der Waals surface area (Å²) in [5.74, 6) is -0.0161. The summed E-state index contributed by atoms with van der Waals surface area (Å²) in [6, 6.07) is 1.69. The molecule has 0 saturated heterocycles. The monoisotopic (exact) mass is 251 g/mol. The van der Waals surface area contributed by atoms with Crippen LogP contribution in [0.2, 0.25) is 0 Å². The lowest BCUT2D eigenvalue weighted by molar-refractivity contribution is 0.0690. The number of anilines is 1. The Balaban J connectivity index is 2.75. The summed E-state index contributed by atoms with van der Waals surface area (Å²) in [7, 11) is 0. The zero-order chi connectivity index (χ0) is 13.7. The number of aromatic carboxylic acids is 1. The minimum absolute atomic E-state index is 0.0285. The van der Waals surface area contributed by atoms with E-state index in [1.807, 2.05) is 0 Å². The van der Waals surface area contributed by atoms with Crippen LogP contribution in [-0.2, 0) is 0 Å². The van der Waals surface area contributed by atoms with Crippen molar-refractivity contribution in [3.05, 3.63) is 17.5 Å². The quantitative estimate of drug-likeness (QED) is 0.813. The molecule has 0 aromatic carbocycles. The summed E-state index contributed by atoms with van der Waals surface area (Å²) in [6.07, 6.45) is 2.14. The average molecular weight is 251 g/mol. The van der Waals surface area contributed by atoms with Crippen LogP contribution in [0.5, 0.6) is 0 Å². The van der Waals surface area contributed by atoms with Crippen molar-refractivity contribution in [2.24, 2.45) is 5.92 Å². The van der Waals surface area contributed by atoms with E-state index in [0.717, 1.165) is 12.8 Å². The van der Waals surface area contributed by atoms with Crippen molar-refractivity contribution < 1.29 is 9.90 Å². The topological polar surface area (TPSA) is 75.1 Å². The molecule has 0 spiro atoms. The highest BCUT2D eigenvalue weighted by Gasteiger charge is 2.12. The van der Waals surface area contributed by atoms with Gasteiger partial charge in [0.2, 0.25) is 5.95 Å². The van der Waals surface area contributed by atoms with Crippen molar-refractivity contribution in [1.29, 1.82) is 0 Å². The summed E-state index contributed by atoms with van der Waals surface area (Å²) in [5, 5.41) is 12.1. The number of rotatable bonds is 6. The lowest BCUT2D eigenvalue weighted by Crippen LogP contribution is -2.20. The molecule has 0 aliphatic carbocycles. The SMILES string of the molecule is CCC(C)CC(C)Nc1nc(C)cc(C(=O)O)n1. The summed E-state index contributed by atoms with van der Waals surface area (Å²) in [4.78, 5) is 19.1. The fraction of sp³-hybridized carbons (Fsp3) is 0.615. The van der Waals surface area contributed by atoms with Crippen LogP contribution in [0.1, 0.15) is 49.8 Å². The van der Waals surface area contributed by atoms with Gasteiger partial charge in [-0.3, -0.25) is 0 Å². The highest BCUT2D eigenvalue weighted by molar-refractivity contribution is 5.85. The van der Waals surface area contributed by atoms with Gasteiger partial charge in [0.15, 0.2) is 5.69 Å². The van der Waals surface area contributed by atoms with Gasteiger partial charge in [-0.2, -0.15) is 0 Å². The third-order valence-electron chi connectivity index (χ3n) is 2.90. The summed E-state index contributed by atoms with van der Waals surface area (Å²) in [5.41, 5.74) is 0.682. The first kappa shape index (κ1) is 14.4. The molecule has 0 bridgehead atoms. The predicted octanol–water partition coefficient (Wildman–Crippen LogP) is 2.72. The van der Waals surface area contributed by atoms with Crippen molar-refractivity contribution in [3.8, 4) is 0 Å². The number of nitrogens with one attached hydrogen (secondary N) is 1. The van der Waals surface area contributed by atoms with E-state index in [4.69, 9.17) is 5.11 Å². The molecule has 1 aromatic heterocycles. The van der Waals surface area contributed by atoms with E-state index in [0.29, 0.717) is 17.6 Å². The highest BCUT2D eigenvalue weighted by Crippen LogP contribution is 2.13. The second-order valence-electron chi connectivity index (χ2n) is 4.82. The number of carboxylic acid groups (broad SMARTS) is 1. The van der Waals surface area contributed by atoms with Crippen LogP contribution >= 0.6 is 0 Å². The lowest BCUT2D eigenvalue weighted by atomic mass is 10.0. The molecular weight excluding hydrogens is 230 g/mol. The second-order valence-corrected chi connectivity index (χ2v) is 4.82. The molecule has 1 aromatic rings. The molecule has 0 fully saturated rings. The van der Waals surface area contributed by atoms with Crippen LogP contribution in [-0.4, -0.2) is 27.1 Å². The van der Waals surface area contributed by atoms with Crippen molar-refractivity contribution in [1.82, 2.24) is 9.97 Å². The van der Waals surface area contributed by atoms with E-state index < -0.39 is 5.97 Å². The number of nitrogens with zero attached hydrogens (tertiary/aromatic N) is 2. The number of aromatic nitrogens is 2. The molecule has 5 nitrogen and oxygen atoms in total. The molecular formula is C13H21N3O2. The van der Waals surface area contributed by atoms with E-state index in [2.05, 4.69) is 36.1 Å². The number of aryl methyl sites for hydroxylation is 1. The smallest absolute Gasteiger partial charge is 0.354 e. The Kier molecular flexibility index (Phi) is 5.07. The number of hydrogen-bond donors (Lipinski definition) is 2. The Bertz CT molecular complexity index is 421. The van der Waals surface area contributed by atoms with Crippen molar-refractivity contribution in [2.75, 3.05) is 5.32 Å². The van der Waals surface area contributed by atoms with Gasteiger partial charge in [-0.05, 0) is 32.3 Å². The first-order valence-electron chi connectivity index (χ1n) is 6.27. The van der Waals surface area contributed by atoms with Gasteiger partial charge in [-0.25, -0.2) is 14.8 Å². The summed E-state index contributed by atoms with van der Waals surface area (Å²) in [6.45, 7) is 8.16. The lowest BCUT2D eigenvalue weighted by Gasteiger charge is -2.17. The zero-order valence-electron chi connectivity index (χ0n) is 11.4. The maximum Gasteiger partial charge on any atom is 0.354 e. The molecule has 18 heavy (non-hydrogen) atoms. The van der Waals surface area contributed by atoms with Crippen LogP contribution < -0.4 is 5.32 Å². The molecule has 5 heteroatoms. The normalized spacial score (nSPS) is 14.0. The summed E-state index contributed by atoms with van der Waals surface area (Å²) < 4.78 is 0. The molecule has 2 atom stereocenters. The maximum atomic E-state index is 10.9. The molecule has 0 saturated carbocycles. The largest absolute Gasteiger partial charge is 0.477 e. The van der Waals surface area contributed by atoms with E-state index >= 15 is 0 Å². The molecule has 2 unspecified atom stereocenters. The molecule has 2 N–H and O–H groups in total. The van der Waals surface area contributed by atoms with Gasteiger partial charge in [-0.15, -0.1) is 0 Å². The highest BCUT2D eigenvalue weighted by atomic mass is 16.4. The van der Waals surface area contributed by atoms with Gasteiger partial charge in [0.25, 0.3) is 0 Å². The van der Waals surface area contributed by atoms with Gasteiger partial charge >= 0.3 is 5.97 Å². The number of carbonyl (C=O) groups is 1. The van der Waals surface area contributed by atoms with Crippen LogP contribution in [0.25, 0.3) is 0 Å². The Morgan fingerprint density at radius 3 is 2.67 bits per heavy atom. The fourth-order valence-corrected chi connectivity index (χ4v) is 1.79. The maximum absolute atomic E-state index is 10.9. The van der Waals surface area contributed by atoms with Crippen molar-refractivity contribution in [2.45, 2.75) is 46.6 Å². The Morgan fingerprint density at radius 2 is 2.11 bits per heavy atom. The molecule has 0 radical (unpaired) electrons. The van der Waals surface area contributed by atoms with E-state index in [1.54, 1.807) is 6.92 Å². The average Bonchev–Trinajstić information content (AvgIpc) is 2.27. The van der Waals surface area contributed by atoms with Crippen molar-refractivity contribution >= 4 is 11.9 Å². The fourth-order valence-electron chi connectivity index (χ4n) is 1.79. The number of hydrogen-bond acceptors (Lipinski definition) is 4. The first-order valence-corrected chi connectivity index (χ1v) is 6.27. The molecule has 1 heterocycles. The standard InChI is InChI=1S/C13H21N3O2/c1-5-8(2)6-9(3)14-13-15-10(4)7-11(16-13)12(17)18/h7-9H,5-6H2,1-4H3,(H,17,18)(H,14,15,16). The third kappa shape index (κ3) is 4.31. The van der Waals surface area contributed by atoms with Crippen molar-refractivity contribution in [3.63, 3.8) is 0 Å². The predicted molar refractivity (Wildman–Crippen MR) is 70.9 cm³/mol. The van der Waals surface area contributed by atoms with Gasteiger partial charge in [0.1, 0.15) is 0 Å². The number of carboxylic acids is 1. The van der Waals surface area contributed by atoms with Gasteiger partial charge < -0.3 is 10.4 Å². The molecule has 1 rings (SSSR count). The Hall–Kier alpha value is -1.65. The van der Waals surface area contributed by atoms with Crippen LogP contribution in [0.4, 0.5) is 5.95 Å². The van der Waals surface area contributed by atoms with E-state index in [9.17, 15) is 4.79 Å². The summed E-state index contributed by atoms with van der Waals surface area (Å²) >= 11 is 0.